The zero-order valence-corrected chi connectivity index (χ0v) is 9.76. The highest BCUT2D eigenvalue weighted by atomic mass is 16.3. The minimum absolute atomic E-state index is 0.0254. The average Bonchev–Trinajstić information content (AvgIpc) is 2.37. The Balaban J connectivity index is 2.03. The van der Waals surface area contributed by atoms with E-state index in [1.54, 1.807) is 30.3 Å². The first-order valence-electron chi connectivity index (χ1n) is 5.57. The molecule has 92 valence electrons. The van der Waals surface area contributed by atoms with Gasteiger partial charge in [0, 0.05) is 12.2 Å². The zero-order chi connectivity index (χ0) is 13.0. The van der Waals surface area contributed by atoms with E-state index in [1.165, 1.54) is 6.07 Å². The first kappa shape index (κ1) is 12.0. The topological polar surface area (TPSA) is 75.3 Å². The number of phenolic OH excluding ortho intramolecular Hbond substituents is 1. The minimum atomic E-state index is -0.310. The third-order valence-corrected chi connectivity index (χ3v) is 2.55. The van der Waals surface area contributed by atoms with Crippen molar-refractivity contribution in [2.75, 3.05) is 5.73 Å². The van der Waals surface area contributed by atoms with E-state index >= 15 is 0 Å². The lowest BCUT2D eigenvalue weighted by Crippen LogP contribution is -2.22. The van der Waals surface area contributed by atoms with Crippen molar-refractivity contribution in [1.82, 2.24) is 5.32 Å². The first-order chi connectivity index (χ1) is 8.66. The fourth-order valence-electron chi connectivity index (χ4n) is 1.65. The number of aromatic hydroxyl groups is 1. The molecule has 2 rings (SSSR count). The second-order valence-corrected chi connectivity index (χ2v) is 3.94. The number of carbonyl (C=O) groups excluding carboxylic acids is 1. The van der Waals surface area contributed by atoms with Crippen LogP contribution in [0.15, 0.2) is 48.5 Å². The molecule has 0 saturated heterocycles. The predicted octanol–water partition coefficient (Wildman–Crippen LogP) is 1.90. The van der Waals surface area contributed by atoms with Crippen LogP contribution in [0.5, 0.6) is 5.75 Å². The van der Waals surface area contributed by atoms with Gasteiger partial charge in [0.15, 0.2) is 0 Å². The van der Waals surface area contributed by atoms with Gasteiger partial charge in [-0.1, -0.05) is 24.3 Å². The SMILES string of the molecule is Nc1cccc(CNC(=O)c2ccccc2O)c1. The van der Waals surface area contributed by atoms with Crippen LogP contribution in [-0.2, 0) is 6.54 Å². The van der Waals surface area contributed by atoms with Crippen LogP contribution in [0.2, 0.25) is 0 Å². The summed E-state index contributed by atoms with van der Waals surface area (Å²) in [6.07, 6.45) is 0. The summed E-state index contributed by atoms with van der Waals surface area (Å²) in [5.74, 6) is -0.335. The van der Waals surface area contributed by atoms with Crippen molar-refractivity contribution < 1.29 is 9.90 Å². The van der Waals surface area contributed by atoms with E-state index in [1.807, 2.05) is 12.1 Å². The second-order valence-electron chi connectivity index (χ2n) is 3.94. The Morgan fingerprint density at radius 1 is 1.17 bits per heavy atom. The summed E-state index contributed by atoms with van der Waals surface area (Å²) in [4.78, 5) is 11.8. The van der Waals surface area contributed by atoms with Crippen LogP contribution < -0.4 is 11.1 Å². The van der Waals surface area contributed by atoms with Crippen molar-refractivity contribution >= 4 is 11.6 Å². The van der Waals surface area contributed by atoms with Gasteiger partial charge in [0.05, 0.1) is 5.56 Å². The summed E-state index contributed by atoms with van der Waals surface area (Å²) in [6.45, 7) is 0.373. The molecule has 2 aromatic carbocycles. The number of carbonyl (C=O) groups is 1. The van der Waals surface area contributed by atoms with Crippen LogP contribution in [-0.4, -0.2) is 11.0 Å². The molecule has 4 N–H and O–H groups in total. The van der Waals surface area contributed by atoms with Gasteiger partial charge < -0.3 is 16.2 Å². The Kier molecular flexibility index (Phi) is 3.48. The van der Waals surface area contributed by atoms with Gasteiger partial charge in [0.25, 0.3) is 5.91 Å². The van der Waals surface area contributed by atoms with Crippen molar-refractivity contribution in [3.05, 3.63) is 59.7 Å². The number of nitrogens with two attached hydrogens (primary N) is 1. The number of nitrogens with one attached hydrogen (secondary N) is 1. The maximum atomic E-state index is 11.8. The number of rotatable bonds is 3. The number of anilines is 1. The summed E-state index contributed by atoms with van der Waals surface area (Å²) >= 11 is 0. The monoisotopic (exact) mass is 242 g/mol. The van der Waals surface area contributed by atoms with E-state index in [9.17, 15) is 9.90 Å². The molecular formula is C14H14N2O2. The lowest BCUT2D eigenvalue weighted by atomic mass is 10.1. The largest absolute Gasteiger partial charge is 0.507 e. The molecular weight excluding hydrogens is 228 g/mol. The Hall–Kier alpha value is -2.49. The van der Waals surface area contributed by atoms with Crippen LogP contribution in [0.4, 0.5) is 5.69 Å². The maximum absolute atomic E-state index is 11.8. The van der Waals surface area contributed by atoms with Crippen LogP contribution in [0.25, 0.3) is 0 Å². The van der Waals surface area contributed by atoms with Gasteiger partial charge in [-0.15, -0.1) is 0 Å². The number of hydrogen-bond donors (Lipinski definition) is 3. The van der Waals surface area contributed by atoms with Gasteiger partial charge in [-0.3, -0.25) is 4.79 Å². The fourth-order valence-corrected chi connectivity index (χ4v) is 1.65. The quantitative estimate of drug-likeness (QED) is 0.719. The highest BCUT2D eigenvalue weighted by Crippen LogP contribution is 2.15. The third kappa shape index (κ3) is 2.79. The summed E-state index contributed by atoms with van der Waals surface area (Å²) in [5.41, 5.74) is 7.48. The molecule has 0 heterocycles. The standard InChI is InChI=1S/C14H14N2O2/c15-11-5-3-4-10(8-11)9-16-14(18)12-6-1-2-7-13(12)17/h1-8,17H,9,15H2,(H,16,18). The van der Waals surface area contributed by atoms with Crippen molar-refractivity contribution in [3.63, 3.8) is 0 Å². The zero-order valence-electron chi connectivity index (χ0n) is 9.76. The number of para-hydroxylation sites is 1. The maximum Gasteiger partial charge on any atom is 0.255 e. The molecule has 0 spiro atoms. The fraction of sp³-hybridized carbons (Fsp3) is 0.0714. The van der Waals surface area contributed by atoms with Crippen molar-refractivity contribution in [2.45, 2.75) is 6.54 Å². The molecule has 0 aliphatic carbocycles. The molecule has 0 radical (unpaired) electrons. The Labute approximate surface area is 105 Å². The van der Waals surface area contributed by atoms with E-state index in [0.717, 1.165) is 5.56 Å². The van der Waals surface area contributed by atoms with E-state index < -0.39 is 0 Å². The molecule has 2 aromatic rings. The van der Waals surface area contributed by atoms with Crippen molar-refractivity contribution in [3.8, 4) is 5.75 Å². The number of amides is 1. The first-order valence-corrected chi connectivity index (χ1v) is 5.57. The highest BCUT2D eigenvalue weighted by molar-refractivity contribution is 5.96. The molecule has 1 amide bonds. The van der Waals surface area contributed by atoms with Crippen molar-refractivity contribution in [2.24, 2.45) is 0 Å². The Bertz CT molecular complexity index is 567. The normalized spacial score (nSPS) is 10.0. The summed E-state index contributed by atoms with van der Waals surface area (Å²) in [5, 5.41) is 12.3. The molecule has 4 heteroatoms. The summed E-state index contributed by atoms with van der Waals surface area (Å²) in [7, 11) is 0. The number of nitrogen functional groups attached to an aromatic ring is 1. The molecule has 0 aromatic heterocycles. The Morgan fingerprint density at radius 2 is 1.94 bits per heavy atom. The molecule has 0 fully saturated rings. The molecule has 4 nitrogen and oxygen atoms in total. The molecule has 18 heavy (non-hydrogen) atoms. The van der Waals surface area contributed by atoms with E-state index in [-0.39, 0.29) is 17.2 Å². The molecule has 0 bridgehead atoms. The molecule has 0 saturated carbocycles. The van der Waals surface area contributed by atoms with Gasteiger partial charge in [-0.25, -0.2) is 0 Å². The van der Waals surface area contributed by atoms with Gasteiger partial charge in [-0.2, -0.15) is 0 Å². The van der Waals surface area contributed by atoms with Gasteiger partial charge in [0.1, 0.15) is 5.75 Å². The summed E-state index contributed by atoms with van der Waals surface area (Å²) in [6, 6.07) is 13.7. The molecule has 0 unspecified atom stereocenters. The summed E-state index contributed by atoms with van der Waals surface area (Å²) < 4.78 is 0. The van der Waals surface area contributed by atoms with Crippen LogP contribution >= 0.6 is 0 Å². The highest BCUT2D eigenvalue weighted by Gasteiger charge is 2.09. The predicted molar refractivity (Wildman–Crippen MR) is 70.1 cm³/mol. The van der Waals surface area contributed by atoms with Crippen LogP contribution in [0.3, 0.4) is 0 Å². The van der Waals surface area contributed by atoms with Crippen molar-refractivity contribution in [1.29, 1.82) is 0 Å². The van der Waals surface area contributed by atoms with E-state index in [0.29, 0.717) is 12.2 Å². The molecule has 0 atom stereocenters. The van der Waals surface area contributed by atoms with Gasteiger partial charge >= 0.3 is 0 Å². The number of benzene rings is 2. The minimum Gasteiger partial charge on any atom is -0.507 e. The molecule has 0 aliphatic rings. The lowest BCUT2D eigenvalue weighted by molar-refractivity contribution is 0.0948. The van der Waals surface area contributed by atoms with Crippen LogP contribution in [0, 0.1) is 0 Å². The van der Waals surface area contributed by atoms with E-state index in [2.05, 4.69) is 5.32 Å². The lowest BCUT2D eigenvalue weighted by Gasteiger charge is -2.07. The van der Waals surface area contributed by atoms with Gasteiger partial charge in [-0.05, 0) is 29.8 Å². The average molecular weight is 242 g/mol. The Morgan fingerprint density at radius 3 is 2.67 bits per heavy atom. The van der Waals surface area contributed by atoms with Crippen LogP contribution in [0.1, 0.15) is 15.9 Å². The second kappa shape index (κ2) is 5.23. The smallest absolute Gasteiger partial charge is 0.255 e. The van der Waals surface area contributed by atoms with Gasteiger partial charge in [0.2, 0.25) is 0 Å². The number of phenols is 1. The molecule has 0 aliphatic heterocycles. The van der Waals surface area contributed by atoms with E-state index in [4.69, 9.17) is 5.73 Å². The number of hydrogen-bond acceptors (Lipinski definition) is 3. The third-order valence-electron chi connectivity index (χ3n) is 2.55.